The SMILES string of the molecule is CNC(=O)c1ccc(NCC#Cc2nn3c(NC45CCN(C6COC6)CC4C5)cccc3c2F)c(OC)c1. The molecule has 3 aromatic rings. The summed E-state index contributed by atoms with van der Waals surface area (Å²) in [4.78, 5) is 14.4. The molecule has 3 fully saturated rings. The average molecular weight is 519 g/mol. The minimum atomic E-state index is -0.432. The highest BCUT2D eigenvalue weighted by Crippen LogP contribution is 2.52. The maximum Gasteiger partial charge on any atom is 0.251 e. The van der Waals surface area contributed by atoms with Crippen LogP contribution < -0.4 is 20.7 Å². The summed E-state index contributed by atoms with van der Waals surface area (Å²) in [6, 6.07) is 11.2. The Hall–Kier alpha value is -3.81. The molecule has 0 bridgehead atoms. The zero-order chi connectivity index (χ0) is 26.3. The lowest BCUT2D eigenvalue weighted by atomic mass is 10.0. The Morgan fingerprint density at radius 1 is 1.32 bits per heavy atom. The predicted molar refractivity (Wildman–Crippen MR) is 142 cm³/mol. The number of nitrogens with one attached hydrogen (secondary N) is 3. The molecule has 3 aliphatic rings. The molecule has 1 amide bonds. The number of hydrogen-bond donors (Lipinski definition) is 3. The zero-order valence-electron chi connectivity index (χ0n) is 21.5. The third-order valence-corrected chi connectivity index (χ3v) is 7.91. The van der Waals surface area contributed by atoms with Crippen LogP contribution in [0.1, 0.15) is 28.9 Å². The molecule has 9 nitrogen and oxygen atoms in total. The Labute approximate surface area is 220 Å². The third kappa shape index (κ3) is 4.42. The van der Waals surface area contributed by atoms with Crippen molar-refractivity contribution in [3.63, 3.8) is 0 Å². The van der Waals surface area contributed by atoms with E-state index in [2.05, 4.69) is 37.8 Å². The first-order valence-electron chi connectivity index (χ1n) is 12.9. The van der Waals surface area contributed by atoms with Gasteiger partial charge in [-0.1, -0.05) is 12.0 Å². The number of ether oxygens (including phenoxy) is 2. The molecular weight excluding hydrogens is 487 g/mol. The van der Waals surface area contributed by atoms with Crippen molar-refractivity contribution in [2.75, 3.05) is 57.6 Å². The fourth-order valence-corrected chi connectivity index (χ4v) is 5.49. The van der Waals surface area contributed by atoms with Gasteiger partial charge in [-0.2, -0.15) is 5.10 Å². The molecule has 1 saturated carbocycles. The first-order valence-corrected chi connectivity index (χ1v) is 12.9. The highest BCUT2D eigenvalue weighted by molar-refractivity contribution is 5.95. The van der Waals surface area contributed by atoms with Crippen molar-refractivity contribution in [2.45, 2.75) is 24.4 Å². The number of hydrogen-bond acceptors (Lipinski definition) is 7. The number of carbonyl (C=O) groups is 1. The van der Waals surface area contributed by atoms with Gasteiger partial charge in [0.25, 0.3) is 5.91 Å². The van der Waals surface area contributed by atoms with Crippen molar-refractivity contribution in [1.29, 1.82) is 0 Å². The normalized spacial score (nSPS) is 22.6. The van der Waals surface area contributed by atoms with Gasteiger partial charge in [0.05, 0.1) is 38.6 Å². The molecule has 0 spiro atoms. The molecule has 2 aromatic heterocycles. The van der Waals surface area contributed by atoms with Crippen molar-refractivity contribution in [1.82, 2.24) is 19.8 Å². The maximum absolute atomic E-state index is 15.2. The molecule has 10 heteroatoms. The number of aromatic nitrogens is 2. The van der Waals surface area contributed by atoms with Crippen LogP contribution in [-0.2, 0) is 4.74 Å². The van der Waals surface area contributed by atoms with Crippen LogP contribution in [0, 0.1) is 23.6 Å². The lowest BCUT2D eigenvalue weighted by molar-refractivity contribution is -0.0714. The topological polar surface area (TPSA) is 92.2 Å². The third-order valence-electron chi connectivity index (χ3n) is 7.91. The largest absolute Gasteiger partial charge is 0.495 e. The van der Waals surface area contributed by atoms with Crippen molar-refractivity contribution in [3.05, 3.63) is 53.5 Å². The number of methoxy groups -OCH3 is 1. The molecule has 2 unspecified atom stereocenters. The van der Waals surface area contributed by atoms with E-state index in [0.717, 1.165) is 45.0 Å². The first-order chi connectivity index (χ1) is 18.5. The second kappa shape index (κ2) is 9.82. The highest BCUT2D eigenvalue weighted by atomic mass is 19.1. The standard InChI is InChI=1S/C28H31FN6O3/c1-30-27(36)18-8-9-21(24(13-18)37-2)31-11-4-5-22-26(29)23-6-3-7-25(35(23)33-22)32-28-10-12-34(15-19(28)14-28)20-16-38-17-20/h3,6-9,13,19-20,31-32H,10-12,14-17H2,1-2H3,(H,30,36). The zero-order valence-corrected chi connectivity index (χ0v) is 21.5. The number of piperidine rings is 1. The van der Waals surface area contributed by atoms with Crippen LogP contribution in [0.15, 0.2) is 36.4 Å². The summed E-state index contributed by atoms with van der Waals surface area (Å²) >= 11 is 0. The number of nitrogens with zero attached hydrogens (tertiary/aromatic N) is 3. The van der Waals surface area contributed by atoms with Gasteiger partial charge in [0.15, 0.2) is 11.5 Å². The monoisotopic (exact) mass is 518 g/mol. The molecule has 38 heavy (non-hydrogen) atoms. The molecule has 4 heterocycles. The van der Waals surface area contributed by atoms with Crippen molar-refractivity contribution in [2.24, 2.45) is 5.92 Å². The van der Waals surface area contributed by atoms with E-state index in [9.17, 15) is 4.79 Å². The van der Waals surface area contributed by atoms with Crippen LogP contribution in [0.25, 0.3) is 5.52 Å². The lowest BCUT2D eigenvalue weighted by Gasteiger charge is -2.41. The van der Waals surface area contributed by atoms with E-state index < -0.39 is 5.82 Å². The highest BCUT2D eigenvalue weighted by Gasteiger charge is 2.57. The quantitative estimate of drug-likeness (QED) is 0.414. The van der Waals surface area contributed by atoms with Gasteiger partial charge in [0.1, 0.15) is 17.1 Å². The number of rotatable bonds is 7. The van der Waals surface area contributed by atoms with Crippen LogP contribution in [0.4, 0.5) is 15.9 Å². The Kier molecular flexibility index (Phi) is 6.33. The number of halogens is 1. The second-order valence-electron chi connectivity index (χ2n) is 10.1. The van der Waals surface area contributed by atoms with Gasteiger partial charge in [0.2, 0.25) is 0 Å². The number of pyridine rings is 1. The summed E-state index contributed by atoms with van der Waals surface area (Å²) in [6.07, 6.45) is 2.17. The molecule has 2 atom stereocenters. The van der Waals surface area contributed by atoms with E-state index in [4.69, 9.17) is 9.47 Å². The molecular formula is C28H31FN6O3. The van der Waals surface area contributed by atoms with Crippen molar-refractivity contribution in [3.8, 4) is 17.6 Å². The summed E-state index contributed by atoms with van der Waals surface area (Å²) in [6.45, 7) is 4.06. The number of likely N-dealkylation sites (tertiary alicyclic amines) is 1. The van der Waals surface area contributed by atoms with E-state index in [-0.39, 0.29) is 23.7 Å². The number of fused-ring (bicyclic) bond motifs is 2. The van der Waals surface area contributed by atoms with E-state index in [1.54, 1.807) is 35.8 Å². The number of amides is 1. The van der Waals surface area contributed by atoms with Gasteiger partial charge in [0, 0.05) is 31.2 Å². The van der Waals surface area contributed by atoms with Gasteiger partial charge >= 0.3 is 0 Å². The Balaban J connectivity index is 1.14. The van der Waals surface area contributed by atoms with Crippen LogP contribution in [0.2, 0.25) is 0 Å². The molecule has 1 aliphatic carbocycles. The number of anilines is 2. The summed E-state index contributed by atoms with van der Waals surface area (Å²) < 4.78 is 27.6. The molecule has 198 valence electrons. The fraction of sp³-hybridized carbons (Fsp3) is 0.429. The van der Waals surface area contributed by atoms with Gasteiger partial charge in [-0.3, -0.25) is 9.69 Å². The molecule has 2 aliphatic heterocycles. The van der Waals surface area contributed by atoms with Gasteiger partial charge in [-0.15, -0.1) is 0 Å². The van der Waals surface area contributed by atoms with E-state index in [0.29, 0.717) is 34.5 Å². The molecule has 2 saturated heterocycles. The first kappa shape index (κ1) is 24.5. The van der Waals surface area contributed by atoms with Gasteiger partial charge in [-0.05, 0) is 55.0 Å². The smallest absolute Gasteiger partial charge is 0.251 e. The van der Waals surface area contributed by atoms with Crippen molar-refractivity contribution >= 4 is 22.9 Å². The van der Waals surface area contributed by atoms with Crippen LogP contribution >= 0.6 is 0 Å². The van der Waals surface area contributed by atoms with Crippen LogP contribution in [0.5, 0.6) is 5.75 Å². The molecule has 3 N–H and O–H groups in total. The second-order valence-corrected chi connectivity index (χ2v) is 10.1. The maximum atomic E-state index is 15.2. The molecule has 0 radical (unpaired) electrons. The number of benzene rings is 1. The van der Waals surface area contributed by atoms with Crippen LogP contribution in [-0.4, -0.2) is 79.0 Å². The molecule has 1 aromatic carbocycles. The molecule has 6 rings (SSSR count). The van der Waals surface area contributed by atoms with Crippen LogP contribution in [0.3, 0.4) is 0 Å². The Morgan fingerprint density at radius 3 is 2.92 bits per heavy atom. The van der Waals surface area contributed by atoms with E-state index in [1.165, 1.54) is 7.11 Å². The van der Waals surface area contributed by atoms with E-state index in [1.807, 2.05) is 12.1 Å². The van der Waals surface area contributed by atoms with Crippen molar-refractivity contribution < 1.29 is 18.7 Å². The minimum absolute atomic E-state index is 0.0555. The van der Waals surface area contributed by atoms with Gasteiger partial charge < -0.3 is 25.4 Å². The lowest BCUT2D eigenvalue weighted by Crippen LogP contribution is -2.53. The summed E-state index contributed by atoms with van der Waals surface area (Å²) in [5.41, 5.74) is 1.74. The average Bonchev–Trinajstić information content (AvgIpc) is 3.52. The van der Waals surface area contributed by atoms with Gasteiger partial charge in [-0.25, -0.2) is 8.91 Å². The Bertz CT molecular complexity index is 1440. The van der Waals surface area contributed by atoms with E-state index >= 15 is 4.39 Å². The summed E-state index contributed by atoms with van der Waals surface area (Å²) in [5.74, 6) is 7.07. The fourth-order valence-electron chi connectivity index (χ4n) is 5.49. The Morgan fingerprint density at radius 2 is 2.18 bits per heavy atom. The predicted octanol–water partition coefficient (Wildman–Crippen LogP) is 2.58. The summed E-state index contributed by atoms with van der Waals surface area (Å²) in [5, 5.41) is 13.9. The summed E-state index contributed by atoms with van der Waals surface area (Å²) in [7, 11) is 3.11. The number of carbonyl (C=O) groups excluding carboxylic acids is 1. The minimum Gasteiger partial charge on any atom is -0.495 e.